The summed E-state index contributed by atoms with van der Waals surface area (Å²) in [4.78, 5) is 25.8. The Morgan fingerprint density at radius 3 is 2.55 bits per heavy atom. The second-order valence-corrected chi connectivity index (χ2v) is 6.34. The Kier molecular flexibility index (Phi) is 5.83. The van der Waals surface area contributed by atoms with Crippen LogP contribution in [-0.4, -0.2) is 42.5 Å². The highest BCUT2D eigenvalue weighted by atomic mass is 16.2. The van der Waals surface area contributed by atoms with E-state index in [1.165, 1.54) is 25.7 Å². The van der Waals surface area contributed by atoms with Crippen molar-refractivity contribution in [3.8, 4) is 0 Å². The lowest BCUT2D eigenvalue weighted by atomic mass is 9.96. The Morgan fingerprint density at radius 1 is 1.10 bits per heavy atom. The Labute approximate surface area is 121 Å². The van der Waals surface area contributed by atoms with E-state index in [-0.39, 0.29) is 18.0 Å². The second-order valence-electron chi connectivity index (χ2n) is 6.34. The van der Waals surface area contributed by atoms with Gasteiger partial charge >= 0.3 is 6.03 Å². The van der Waals surface area contributed by atoms with Gasteiger partial charge in [-0.1, -0.05) is 26.2 Å². The van der Waals surface area contributed by atoms with Gasteiger partial charge in [0.05, 0.1) is 6.54 Å². The first kappa shape index (κ1) is 15.3. The Morgan fingerprint density at radius 2 is 1.85 bits per heavy atom. The Balaban J connectivity index is 1.66. The molecule has 1 heterocycles. The normalized spacial score (nSPS) is 25.1. The Bertz CT molecular complexity index is 340. The number of carbonyl (C=O) groups is 2. The molecular weight excluding hydrogens is 254 g/mol. The van der Waals surface area contributed by atoms with E-state index in [1.807, 2.05) is 0 Å². The molecule has 0 bridgehead atoms. The molecule has 2 rings (SSSR count). The number of carbonyl (C=O) groups excluding carboxylic acids is 2. The fourth-order valence-corrected chi connectivity index (χ4v) is 3.27. The SMILES string of the molecule is C[C@H]1CCCN(CC(=O)NC(=O)NC2CCCCC2)C1. The fraction of sp³-hybridized carbons (Fsp3) is 0.867. The van der Waals surface area contributed by atoms with Crippen molar-refractivity contribution in [2.75, 3.05) is 19.6 Å². The van der Waals surface area contributed by atoms with E-state index in [1.54, 1.807) is 0 Å². The molecule has 3 amide bonds. The van der Waals surface area contributed by atoms with Gasteiger partial charge in [0.15, 0.2) is 0 Å². The third-order valence-corrected chi connectivity index (χ3v) is 4.30. The first-order chi connectivity index (χ1) is 9.63. The van der Waals surface area contributed by atoms with Crippen LogP contribution in [0.2, 0.25) is 0 Å². The van der Waals surface area contributed by atoms with E-state index in [2.05, 4.69) is 22.5 Å². The van der Waals surface area contributed by atoms with Gasteiger partial charge in [-0.25, -0.2) is 4.79 Å². The summed E-state index contributed by atoms with van der Waals surface area (Å²) in [5.41, 5.74) is 0. The number of likely N-dealkylation sites (tertiary alicyclic amines) is 1. The third-order valence-electron chi connectivity index (χ3n) is 4.30. The van der Waals surface area contributed by atoms with Crippen molar-refractivity contribution < 1.29 is 9.59 Å². The highest BCUT2D eigenvalue weighted by molar-refractivity contribution is 5.95. The minimum Gasteiger partial charge on any atom is -0.335 e. The van der Waals surface area contributed by atoms with Gasteiger partial charge in [-0.3, -0.25) is 15.0 Å². The summed E-state index contributed by atoms with van der Waals surface area (Å²) >= 11 is 0. The van der Waals surface area contributed by atoms with Crippen LogP contribution in [0.15, 0.2) is 0 Å². The lowest BCUT2D eigenvalue weighted by Gasteiger charge is -2.30. The average molecular weight is 281 g/mol. The van der Waals surface area contributed by atoms with Crippen LogP contribution in [0.5, 0.6) is 0 Å². The molecule has 5 heteroatoms. The van der Waals surface area contributed by atoms with Gasteiger partial charge in [-0.2, -0.15) is 0 Å². The standard InChI is InChI=1S/C15H27N3O2/c1-12-6-5-9-18(10-12)11-14(19)17-15(20)16-13-7-3-2-4-8-13/h12-13H,2-11H2,1H3,(H2,16,17,19,20)/t12-/m0/s1. The zero-order chi connectivity index (χ0) is 14.4. The second kappa shape index (κ2) is 7.62. The highest BCUT2D eigenvalue weighted by Gasteiger charge is 2.20. The number of hydrogen-bond donors (Lipinski definition) is 2. The maximum absolute atomic E-state index is 11.9. The maximum atomic E-state index is 11.9. The lowest BCUT2D eigenvalue weighted by Crippen LogP contribution is -2.49. The van der Waals surface area contributed by atoms with Gasteiger partial charge in [0.1, 0.15) is 0 Å². The first-order valence-corrected chi connectivity index (χ1v) is 7.96. The number of piperidine rings is 1. The number of urea groups is 1. The molecule has 2 N–H and O–H groups in total. The van der Waals surface area contributed by atoms with Gasteiger partial charge in [-0.15, -0.1) is 0 Å². The molecular formula is C15H27N3O2. The molecule has 1 saturated heterocycles. The monoisotopic (exact) mass is 281 g/mol. The van der Waals surface area contributed by atoms with E-state index < -0.39 is 0 Å². The maximum Gasteiger partial charge on any atom is 0.321 e. The van der Waals surface area contributed by atoms with Crippen LogP contribution in [0.3, 0.4) is 0 Å². The molecule has 1 atom stereocenters. The van der Waals surface area contributed by atoms with E-state index in [4.69, 9.17) is 0 Å². The van der Waals surface area contributed by atoms with Crippen LogP contribution in [0.25, 0.3) is 0 Å². The molecule has 0 aromatic rings. The van der Waals surface area contributed by atoms with E-state index in [0.717, 1.165) is 32.4 Å². The van der Waals surface area contributed by atoms with Crippen LogP contribution in [0.4, 0.5) is 4.79 Å². The van der Waals surface area contributed by atoms with Crippen molar-refractivity contribution in [2.24, 2.45) is 5.92 Å². The van der Waals surface area contributed by atoms with E-state index in [0.29, 0.717) is 12.5 Å². The van der Waals surface area contributed by atoms with Crippen molar-refractivity contribution in [2.45, 2.75) is 57.9 Å². The minimum atomic E-state index is -0.327. The summed E-state index contributed by atoms with van der Waals surface area (Å²) in [5.74, 6) is 0.458. The largest absolute Gasteiger partial charge is 0.335 e. The zero-order valence-electron chi connectivity index (χ0n) is 12.5. The van der Waals surface area contributed by atoms with Gasteiger partial charge in [0, 0.05) is 12.6 Å². The average Bonchev–Trinajstić information content (AvgIpc) is 2.39. The predicted octanol–water partition coefficient (Wildman–Crippen LogP) is 1.88. The van der Waals surface area contributed by atoms with Gasteiger partial charge in [-0.05, 0) is 38.1 Å². The number of rotatable bonds is 3. The van der Waals surface area contributed by atoms with Gasteiger partial charge in [0.25, 0.3) is 0 Å². The van der Waals surface area contributed by atoms with Gasteiger partial charge < -0.3 is 5.32 Å². The van der Waals surface area contributed by atoms with E-state index in [9.17, 15) is 9.59 Å². The Hall–Kier alpha value is -1.10. The fourth-order valence-electron chi connectivity index (χ4n) is 3.27. The summed E-state index contributed by atoms with van der Waals surface area (Å²) in [6.07, 6.45) is 8.04. The number of amides is 3. The highest BCUT2D eigenvalue weighted by Crippen LogP contribution is 2.17. The van der Waals surface area contributed by atoms with Crippen LogP contribution in [0.1, 0.15) is 51.9 Å². The van der Waals surface area contributed by atoms with Crippen molar-refractivity contribution in [3.63, 3.8) is 0 Å². The smallest absolute Gasteiger partial charge is 0.321 e. The molecule has 5 nitrogen and oxygen atoms in total. The number of hydrogen-bond acceptors (Lipinski definition) is 3. The summed E-state index contributed by atoms with van der Waals surface area (Å²) in [6, 6.07) is -0.0847. The quantitative estimate of drug-likeness (QED) is 0.830. The molecule has 2 aliphatic rings. The molecule has 2 fully saturated rings. The molecule has 0 aromatic heterocycles. The molecule has 0 radical (unpaired) electrons. The molecule has 1 aliphatic carbocycles. The molecule has 0 spiro atoms. The van der Waals surface area contributed by atoms with E-state index >= 15 is 0 Å². The van der Waals surface area contributed by atoms with Crippen LogP contribution >= 0.6 is 0 Å². The van der Waals surface area contributed by atoms with Crippen molar-refractivity contribution in [3.05, 3.63) is 0 Å². The zero-order valence-corrected chi connectivity index (χ0v) is 12.5. The van der Waals surface area contributed by atoms with Crippen molar-refractivity contribution >= 4 is 11.9 Å². The predicted molar refractivity (Wildman–Crippen MR) is 78.4 cm³/mol. The first-order valence-electron chi connectivity index (χ1n) is 7.96. The number of nitrogens with one attached hydrogen (secondary N) is 2. The summed E-state index contributed by atoms with van der Waals surface area (Å²) in [5, 5.41) is 5.37. The molecule has 1 aliphatic heterocycles. The lowest BCUT2D eigenvalue weighted by molar-refractivity contribution is -0.121. The topological polar surface area (TPSA) is 61.4 Å². The summed E-state index contributed by atoms with van der Waals surface area (Å²) < 4.78 is 0. The molecule has 0 aromatic carbocycles. The number of nitrogens with zero attached hydrogens (tertiary/aromatic N) is 1. The van der Waals surface area contributed by atoms with Crippen molar-refractivity contribution in [1.29, 1.82) is 0 Å². The van der Waals surface area contributed by atoms with Crippen molar-refractivity contribution in [1.82, 2.24) is 15.5 Å². The molecule has 1 saturated carbocycles. The molecule has 114 valence electrons. The van der Waals surface area contributed by atoms with Crippen LogP contribution in [-0.2, 0) is 4.79 Å². The van der Waals surface area contributed by atoms with Crippen LogP contribution in [0, 0.1) is 5.92 Å². The molecule has 20 heavy (non-hydrogen) atoms. The summed E-state index contributed by atoms with van der Waals surface area (Å²) in [6.45, 7) is 4.46. The minimum absolute atomic E-state index is 0.188. The summed E-state index contributed by atoms with van der Waals surface area (Å²) in [7, 11) is 0. The number of imide groups is 1. The third kappa shape index (κ3) is 5.12. The van der Waals surface area contributed by atoms with Crippen LogP contribution < -0.4 is 10.6 Å². The molecule has 0 unspecified atom stereocenters. The van der Waals surface area contributed by atoms with Gasteiger partial charge in [0.2, 0.25) is 5.91 Å².